The van der Waals surface area contributed by atoms with Crippen molar-refractivity contribution < 1.29 is 22.5 Å². The summed E-state index contributed by atoms with van der Waals surface area (Å²) < 4.78 is 35.1. The van der Waals surface area contributed by atoms with Crippen LogP contribution in [-0.4, -0.2) is 31.4 Å². The molecule has 0 aromatic heterocycles. The number of nitrogens with zero attached hydrogens (tertiary/aromatic N) is 1. The van der Waals surface area contributed by atoms with Crippen LogP contribution in [0.15, 0.2) is 34.3 Å². The van der Waals surface area contributed by atoms with Gasteiger partial charge >= 0.3 is 6.09 Å². The van der Waals surface area contributed by atoms with Gasteiger partial charge in [0, 0.05) is 5.56 Å². The Kier molecular flexibility index (Phi) is 2.82. The zero-order valence-electron chi connectivity index (χ0n) is 8.45. The maximum absolute atomic E-state index is 10.8. The van der Waals surface area contributed by atoms with E-state index in [0.717, 1.165) is 0 Å². The van der Waals surface area contributed by atoms with Gasteiger partial charge < -0.3 is 4.74 Å². The lowest BCUT2D eigenvalue weighted by molar-refractivity contribution is 0.157. The summed E-state index contributed by atoms with van der Waals surface area (Å²) in [5, 5.41) is 3.75. The van der Waals surface area contributed by atoms with Gasteiger partial charge in [0.25, 0.3) is 10.1 Å². The van der Waals surface area contributed by atoms with Crippen molar-refractivity contribution in [2.75, 3.05) is 6.61 Å². The molecule has 1 aliphatic rings. The lowest BCUT2D eigenvalue weighted by Gasteiger charge is -2.13. The van der Waals surface area contributed by atoms with E-state index in [1.54, 1.807) is 0 Å². The van der Waals surface area contributed by atoms with Crippen molar-refractivity contribution in [3.8, 4) is 0 Å². The summed E-state index contributed by atoms with van der Waals surface area (Å²) in [5.74, 6) is 0. The summed E-state index contributed by atoms with van der Waals surface area (Å²) in [5.41, 5.74) is 3.19. The third-order valence-electron chi connectivity index (χ3n) is 2.11. The molecule has 1 aromatic carbocycles. The number of benzene rings is 1. The van der Waals surface area contributed by atoms with Crippen LogP contribution in [0, 0.1) is 0 Å². The minimum Gasteiger partial charge on any atom is -0.442 e. The normalized spacial score (nSPS) is 15.8. The van der Waals surface area contributed by atoms with Crippen LogP contribution in [0.2, 0.25) is 0 Å². The molecular formula is C9H8N2O5S. The lowest BCUT2D eigenvalue weighted by Crippen LogP contribution is -2.30. The number of carbonyl (C=O) groups excluding carboxylic acids is 1. The van der Waals surface area contributed by atoms with Crippen LogP contribution >= 0.6 is 0 Å². The molecule has 0 unspecified atom stereocenters. The minimum atomic E-state index is -4.20. The van der Waals surface area contributed by atoms with E-state index in [9.17, 15) is 13.2 Å². The van der Waals surface area contributed by atoms with Gasteiger partial charge in [-0.25, -0.2) is 10.2 Å². The highest BCUT2D eigenvalue weighted by Crippen LogP contribution is 2.11. The molecule has 2 rings (SSSR count). The second kappa shape index (κ2) is 4.15. The quantitative estimate of drug-likeness (QED) is 0.744. The topological polar surface area (TPSA) is 105 Å². The first-order valence-corrected chi connectivity index (χ1v) is 5.98. The fourth-order valence-electron chi connectivity index (χ4n) is 1.28. The molecule has 0 atom stereocenters. The number of amides is 1. The highest BCUT2D eigenvalue weighted by atomic mass is 32.2. The molecule has 1 amide bonds. The fraction of sp³-hybridized carbons (Fsp3) is 0.111. The fourth-order valence-corrected chi connectivity index (χ4v) is 1.76. The molecule has 0 spiro atoms. The predicted octanol–water partition coefficient (Wildman–Crippen LogP) is 0.377. The molecule has 17 heavy (non-hydrogen) atoms. The number of cyclic esters (lactones) is 1. The van der Waals surface area contributed by atoms with Gasteiger partial charge in [-0.05, 0) is 12.1 Å². The number of carbonyl (C=O) groups is 1. The van der Waals surface area contributed by atoms with Gasteiger partial charge in [0.1, 0.15) is 12.3 Å². The van der Waals surface area contributed by atoms with Crippen LogP contribution in [0.4, 0.5) is 4.79 Å². The Hall–Kier alpha value is -1.93. The number of rotatable bonds is 2. The molecule has 0 saturated heterocycles. The molecule has 0 fully saturated rings. The smallest absolute Gasteiger partial charge is 0.428 e. The summed E-state index contributed by atoms with van der Waals surface area (Å²) in [6.45, 7) is 0.0110. The van der Waals surface area contributed by atoms with E-state index in [1.165, 1.54) is 24.3 Å². The monoisotopic (exact) mass is 256 g/mol. The molecule has 7 nitrogen and oxygen atoms in total. The van der Waals surface area contributed by atoms with Crippen LogP contribution < -0.4 is 5.43 Å². The third kappa shape index (κ3) is 2.60. The maximum Gasteiger partial charge on any atom is 0.428 e. The Labute approximate surface area is 96.8 Å². The Bertz CT molecular complexity index is 576. The first-order chi connectivity index (χ1) is 7.97. The van der Waals surface area contributed by atoms with Crippen molar-refractivity contribution in [2.45, 2.75) is 4.90 Å². The Morgan fingerprint density at radius 1 is 1.29 bits per heavy atom. The summed E-state index contributed by atoms with van der Waals surface area (Å²) in [6.07, 6.45) is -0.636. The van der Waals surface area contributed by atoms with E-state index in [4.69, 9.17) is 9.29 Å². The molecule has 0 bridgehead atoms. The second-order valence-electron chi connectivity index (χ2n) is 3.25. The summed E-state index contributed by atoms with van der Waals surface area (Å²) in [6, 6.07) is 5.40. The Morgan fingerprint density at radius 3 is 2.41 bits per heavy atom. The average Bonchev–Trinajstić information content (AvgIpc) is 2.29. The van der Waals surface area contributed by atoms with E-state index in [-0.39, 0.29) is 11.5 Å². The summed E-state index contributed by atoms with van der Waals surface area (Å²) in [7, 11) is -4.20. The van der Waals surface area contributed by atoms with E-state index in [2.05, 4.69) is 10.5 Å². The number of ether oxygens (including phenoxy) is 1. The van der Waals surface area contributed by atoms with Crippen LogP contribution in [0.25, 0.3) is 0 Å². The molecule has 8 heteroatoms. The van der Waals surface area contributed by atoms with Gasteiger partial charge in [0.05, 0.1) is 4.90 Å². The van der Waals surface area contributed by atoms with Crippen LogP contribution in [-0.2, 0) is 14.9 Å². The van der Waals surface area contributed by atoms with Crippen LogP contribution in [0.3, 0.4) is 0 Å². The van der Waals surface area contributed by atoms with Gasteiger partial charge in [0.15, 0.2) is 0 Å². The summed E-state index contributed by atoms with van der Waals surface area (Å²) in [4.78, 5) is 10.5. The zero-order chi connectivity index (χ0) is 12.5. The van der Waals surface area contributed by atoms with E-state index >= 15 is 0 Å². The van der Waals surface area contributed by atoms with Gasteiger partial charge in [-0.2, -0.15) is 13.5 Å². The SMILES string of the molecule is O=C1NN=C(c2ccc(S(=O)(=O)O)cc2)CO1. The number of hydrogen-bond acceptors (Lipinski definition) is 5. The molecule has 0 radical (unpaired) electrons. The van der Waals surface area contributed by atoms with Gasteiger partial charge in [-0.1, -0.05) is 12.1 Å². The van der Waals surface area contributed by atoms with Gasteiger partial charge in [-0.15, -0.1) is 0 Å². The van der Waals surface area contributed by atoms with Gasteiger partial charge in [0.2, 0.25) is 0 Å². The second-order valence-corrected chi connectivity index (χ2v) is 4.67. The largest absolute Gasteiger partial charge is 0.442 e. The number of hydrogen-bond donors (Lipinski definition) is 2. The molecule has 1 aliphatic heterocycles. The standard InChI is InChI=1S/C9H8N2O5S/c12-9-11-10-8(5-16-9)6-1-3-7(4-2-6)17(13,14)15/h1-4H,5H2,(H,11,12)(H,13,14,15). The van der Waals surface area contributed by atoms with E-state index in [1.807, 2.05) is 0 Å². The van der Waals surface area contributed by atoms with E-state index < -0.39 is 16.2 Å². The molecular weight excluding hydrogens is 248 g/mol. The summed E-state index contributed by atoms with van der Waals surface area (Å²) >= 11 is 0. The molecule has 0 saturated carbocycles. The third-order valence-corrected chi connectivity index (χ3v) is 2.98. The number of nitrogens with one attached hydrogen (secondary N) is 1. The van der Waals surface area contributed by atoms with Crippen molar-refractivity contribution in [1.82, 2.24) is 5.43 Å². The van der Waals surface area contributed by atoms with Crippen molar-refractivity contribution in [3.63, 3.8) is 0 Å². The first-order valence-electron chi connectivity index (χ1n) is 4.54. The number of hydrazone groups is 1. The highest BCUT2D eigenvalue weighted by Gasteiger charge is 2.15. The highest BCUT2D eigenvalue weighted by molar-refractivity contribution is 7.85. The first kappa shape index (κ1) is 11.6. The average molecular weight is 256 g/mol. The molecule has 90 valence electrons. The maximum atomic E-state index is 10.8. The van der Waals surface area contributed by atoms with Crippen LogP contribution in [0.5, 0.6) is 0 Å². The van der Waals surface area contributed by atoms with E-state index in [0.29, 0.717) is 11.3 Å². The van der Waals surface area contributed by atoms with Crippen molar-refractivity contribution in [2.24, 2.45) is 5.10 Å². The predicted molar refractivity (Wildman–Crippen MR) is 57.3 cm³/mol. The van der Waals surface area contributed by atoms with Crippen molar-refractivity contribution in [3.05, 3.63) is 29.8 Å². The Balaban J connectivity index is 2.28. The van der Waals surface area contributed by atoms with Crippen LogP contribution in [0.1, 0.15) is 5.56 Å². The molecule has 1 aromatic rings. The molecule has 0 aliphatic carbocycles. The zero-order valence-corrected chi connectivity index (χ0v) is 9.27. The lowest BCUT2D eigenvalue weighted by atomic mass is 10.1. The molecule has 1 heterocycles. The minimum absolute atomic E-state index is 0.0110. The van der Waals surface area contributed by atoms with Crippen molar-refractivity contribution >= 4 is 21.9 Å². The molecule has 2 N–H and O–H groups in total. The van der Waals surface area contributed by atoms with Gasteiger partial charge in [-0.3, -0.25) is 4.55 Å². The Morgan fingerprint density at radius 2 is 1.94 bits per heavy atom. The van der Waals surface area contributed by atoms with Crippen molar-refractivity contribution in [1.29, 1.82) is 0 Å².